The Morgan fingerprint density at radius 3 is 1.58 bits per heavy atom. The molecule has 0 aliphatic rings. The Balaban J connectivity index is 5.70. The second-order valence-corrected chi connectivity index (χ2v) is 4.65. The summed E-state index contributed by atoms with van der Waals surface area (Å²) in [6.45, 7) is 6.74. The van der Waals surface area contributed by atoms with Crippen LogP contribution in [0, 0.1) is 11.8 Å². The first kappa shape index (κ1) is 18.0. The number of halogens is 3. The lowest BCUT2D eigenvalue weighted by Crippen LogP contribution is -2.29. The van der Waals surface area contributed by atoms with Crippen LogP contribution in [0.3, 0.4) is 0 Å². The summed E-state index contributed by atoms with van der Waals surface area (Å²) in [4.78, 5) is 12.0. The molecule has 5 heteroatoms. The summed E-state index contributed by atoms with van der Waals surface area (Å²) in [5.74, 6) is -3.08. The fraction of sp³-hybridized carbons (Fsp3) is 0.786. The molecular weight excluding hydrogens is 257 g/mol. The Morgan fingerprint density at radius 2 is 1.32 bits per heavy atom. The van der Waals surface area contributed by atoms with Crippen LogP contribution in [0.15, 0.2) is 11.3 Å². The molecule has 0 atom stereocenters. The van der Waals surface area contributed by atoms with Gasteiger partial charge in [-0.1, -0.05) is 27.7 Å². The standard InChI is InChI=1S/C14H23F3O2/c1-5-9(6-2)12(18)11(14(15,16)17)13(19)10(7-3)8-4/h9-10,18H,5-8H2,1-4H3/b12-11+. The fourth-order valence-corrected chi connectivity index (χ4v) is 2.15. The first-order chi connectivity index (χ1) is 8.74. The van der Waals surface area contributed by atoms with Crippen molar-refractivity contribution >= 4 is 5.78 Å². The minimum Gasteiger partial charge on any atom is -0.511 e. The van der Waals surface area contributed by atoms with Gasteiger partial charge in [0, 0.05) is 11.8 Å². The van der Waals surface area contributed by atoms with Gasteiger partial charge in [0.05, 0.1) is 0 Å². The Kier molecular flexibility index (Phi) is 7.16. The molecule has 0 saturated carbocycles. The van der Waals surface area contributed by atoms with Gasteiger partial charge in [0.15, 0.2) is 5.78 Å². The van der Waals surface area contributed by atoms with Crippen LogP contribution < -0.4 is 0 Å². The number of rotatable bonds is 7. The SMILES string of the molecule is CCC(CC)C(=O)/C(=C(\O)C(CC)CC)C(F)(F)F. The molecule has 112 valence electrons. The number of alkyl halides is 3. The molecule has 0 aliphatic heterocycles. The van der Waals surface area contributed by atoms with Crippen LogP contribution in [0.2, 0.25) is 0 Å². The predicted octanol–water partition coefficient (Wildman–Crippen LogP) is 4.80. The Bertz CT molecular complexity index is 324. The van der Waals surface area contributed by atoms with Crippen LogP contribution in [-0.2, 0) is 4.79 Å². The second-order valence-electron chi connectivity index (χ2n) is 4.65. The quantitative estimate of drug-likeness (QED) is 0.537. The highest BCUT2D eigenvalue weighted by atomic mass is 19.4. The average Bonchev–Trinajstić information content (AvgIpc) is 2.30. The van der Waals surface area contributed by atoms with Crippen molar-refractivity contribution in [2.45, 2.75) is 59.6 Å². The molecule has 0 spiro atoms. The third-order valence-corrected chi connectivity index (χ3v) is 3.51. The number of carbonyl (C=O) groups excluding carboxylic acids is 1. The van der Waals surface area contributed by atoms with E-state index in [0.717, 1.165) is 0 Å². The van der Waals surface area contributed by atoms with E-state index in [2.05, 4.69) is 0 Å². The predicted molar refractivity (Wildman–Crippen MR) is 68.9 cm³/mol. The highest BCUT2D eigenvalue weighted by Gasteiger charge is 2.44. The van der Waals surface area contributed by atoms with Gasteiger partial charge in [-0.2, -0.15) is 13.2 Å². The Hall–Kier alpha value is -1.00. The normalized spacial score (nSPS) is 13.9. The van der Waals surface area contributed by atoms with Crippen molar-refractivity contribution in [1.82, 2.24) is 0 Å². The van der Waals surface area contributed by atoms with Crippen molar-refractivity contribution < 1.29 is 23.1 Å². The van der Waals surface area contributed by atoms with Crippen LogP contribution in [0.25, 0.3) is 0 Å². The van der Waals surface area contributed by atoms with Gasteiger partial charge in [-0.25, -0.2) is 0 Å². The van der Waals surface area contributed by atoms with Crippen molar-refractivity contribution in [1.29, 1.82) is 0 Å². The highest BCUT2D eigenvalue weighted by molar-refractivity contribution is 5.98. The zero-order valence-corrected chi connectivity index (χ0v) is 12.0. The Labute approximate surface area is 112 Å². The number of aliphatic hydroxyl groups is 1. The molecule has 0 amide bonds. The van der Waals surface area contributed by atoms with Gasteiger partial charge in [-0.05, 0) is 25.7 Å². The number of hydrogen-bond acceptors (Lipinski definition) is 2. The molecule has 1 N–H and O–H groups in total. The van der Waals surface area contributed by atoms with Crippen molar-refractivity contribution in [2.75, 3.05) is 0 Å². The molecule has 0 aromatic rings. The molecule has 0 unspecified atom stereocenters. The van der Waals surface area contributed by atoms with E-state index in [9.17, 15) is 23.1 Å². The molecular formula is C14H23F3O2. The first-order valence-electron chi connectivity index (χ1n) is 6.78. The van der Waals surface area contributed by atoms with Crippen molar-refractivity contribution in [3.05, 3.63) is 11.3 Å². The molecule has 0 heterocycles. The molecule has 2 nitrogen and oxygen atoms in total. The van der Waals surface area contributed by atoms with E-state index >= 15 is 0 Å². The van der Waals surface area contributed by atoms with Gasteiger partial charge in [-0.3, -0.25) is 4.79 Å². The highest BCUT2D eigenvalue weighted by Crippen LogP contribution is 2.35. The maximum atomic E-state index is 13.0. The molecule has 0 aromatic carbocycles. The monoisotopic (exact) mass is 280 g/mol. The second kappa shape index (κ2) is 7.56. The fourth-order valence-electron chi connectivity index (χ4n) is 2.15. The number of carbonyl (C=O) groups is 1. The molecule has 0 aromatic heterocycles. The molecule has 0 saturated heterocycles. The maximum absolute atomic E-state index is 13.0. The van der Waals surface area contributed by atoms with E-state index in [0.29, 0.717) is 25.7 Å². The van der Waals surface area contributed by atoms with E-state index in [4.69, 9.17) is 0 Å². The van der Waals surface area contributed by atoms with E-state index < -0.39 is 35.1 Å². The summed E-state index contributed by atoms with van der Waals surface area (Å²) < 4.78 is 39.1. The summed E-state index contributed by atoms with van der Waals surface area (Å²) >= 11 is 0. The smallest absolute Gasteiger partial charge is 0.423 e. The zero-order chi connectivity index (χ0) is 15.2. The van der Waals surface area contributed by atoms with E-state index in [-0.39, 0.29) is 0 Å². The lowest BCUT2D eigenvalue weighted by atomic mass is 9.88. The van der Waals surface area contributed by atoms with Gasteiger partial charge >= 0.3 is 6.18 Å². The average molecular weight is 280 g/mol. The minimum atomic E-state index is -4.80. The van der Waals surface area contributed by atoms with Crippen LogP contribution in [0.4, 0.5) is 13.2 Å². The molecule has 0 aliphatic carbocycles. The van der Waals surface area contributed by atoms with Gasteiger partial charge in [0.25, 0.3) is 0 Å². The van der Waals surface area contributed by atoms with Crippen molar-refractivity contribution in [2.24, 2.45) is 11.8 Å². The van der Waals surface area contributed by atoms with Crippen LogP contribution in [-0.4, -0.2) is 17.1 Å². The summed E-state index contributed by atoms with van der Waals surface area (Å²) in [5, 5.41) is 9.85. The van der Waals surface area contributed by atoms with Crippen LogP contribution in [0.5, 0.6) is 0 Å². The molecule has 0 fully saturated rings. The lowest BCUT2D eigenvalue weighted by Gasteiger charge is -2.21. The van der Waals surface area contributed by atoms with E-state index in [1.807, 2.05) is 0 Å². The maximum Gasteiger partial charge on any atom is 0.423 e. The van der Waals surface area contributed by atoms with Crippen molar-refractivity contribution in [3.63, 3.8) is 0 Å². The number of aliphatic hydroxyl groups excluding tert-OH is 1. The van der Waals surface area contributed by atoms with E-state index in [1.165, 1.54) is 0 Å². The van der Waals surface area contributed by atoms with Crippen LogP contribution in [0.1, 0.15) is 53.4 Å². The number of allylic oxidation sites excluding steroid dienone is 2. The summed E-state index contributed by atoms with van der Waals surface area (Å²) in [6.07, 6.45) is -3.38. The topological polar surface area (TPSA) is 37.3 Å². The third kappa shape index (κ3) is 4.55. The minimum absolute atomic E-state index is 0.338. The number of Topliss-reactive ketones (excluding diaryl/α,β-unsaturated/α-hetero) is 1. The van der Waals surface area contributed by atoms with Crippen molar-refractivity contribution in [3.8, 4) is 0 Å². The van der Waals surface area contributed by atoms with E-state index in [1.54, 1.807) is 27.7 Å². The number of ketones is 1. The summed E-state index contributed by atoms with van der Waals surface area (Å²) in [5.41, 5.74) is -1.35. The summed E-state index contributed by atoms with van der Waals surface area (Å²) in [7, 11) is 0. The largest absolute Gasteiger partial charge is 0.511 e. The molecule has 19 heavy (non-hydrogen) atoms. The number of hydrogen-bond donors (Lipinski definition) is 1. The Morgan fingerprint density at radius 1 is 0.947 bits per heavy atom. The van der Waals surface area contributed by atoms with Gasteiger partial charge in [0.1, 0.15) is 11.3 Å². The molecule has 0 radical (unpaired) electrons. The lowest BCUT2D eigenvalue weighted by molar-refractivity contribution is -0.133. The first-order valence-corrected chi connectivity index (χ1v) is 6.78. The van der Waals surface area contributed by atoms with Gasteiger partial charge < -0.3 is 5.11 Å². The summed E-state index contributed by atoms with van der Waals surface area (Å²) in [6, 6.07) is 0. The van der Waals surface area contributed by atoms with Gasteiger partial charge in [0.2, 0.25) is 0 Å². The molecule has 0 rings (SSSR count). The molecule has 0 bridgehead atoms. The third-order valence-electron chi connectivity index (χ3n) is 3.51. The zero-order valence-electron chi connectivity index (χ0n) is 12.0. The van der Waals surface area contributed by atoms with Crippen LogP contribution >= 0.6 is 0 Å². The van der Waals surface area contributed by atoms with Gasteiger partial charge in [-0.15, -0.1) is 0 Å².